The molecule has 3 N–H and O–H groups in total. The molecule has 1 aliphatic heterocycles. The summed E-state index contributed by atoms with van der Waals surface area (Å²) in [5, 5.41) is 3.27. The summed E-state index contributed by atoms with van der Waals surface area (Å²) in [4.78, 5) is 0. The van der Waals surface area contributed by atoms with E-state index in [1.54, 1.807) is 6.07 Å². The molecular formula is C12H14F2N2O2. The highest BCUT2D eigenvalue weighted by molar-refractivity contribution is 5.56. The maximum absolute atomic E-state index is 12.8. The maximum atomic E-state index is 12.8. The molecule has 0 aromatic heterocycles. The number of anilines is 1. The van der Waals surface area contributed by atoms with Crippen molar-refractivity contribution in [2.24, 2.45) is 5.73 Å². The number of nitrogens with two attached hydrogens (primary N) is 1. The van der Waals surface area contributed by atoms with Crippen LogP contribution in [0.15, 0.2) is 18.2 Å². The summed E-state index contributed by atoms with van der Waals surface area (Å²) in [5.74, 6) is 0.126. The quantitative estimate of drug-likeness (QED) is 0.852. The van der Waals surface area contributed by atoms with Gasteiger partial charge in [-0.1, -0.05) is 0 Å². The first kappa shape index (κ1) is 11.5. The van der Waals surface area contributed by atoms with Crippen LogP contribution in [0.2, 0.25) is 0 Å². The lowest BCUT2D eigenvalue weighted by atomic mass is 10.2. The van der Waals surface area contributed by atoms with Crippen molar-refractivity contribution < 1.29 is 18.3 Å². The van der Waals surface area contributed by atoms with Gasteiger partial charge in [-0.15, -0.1) is 8.78 Å². The first-order valence-corrected chi connectivity index (χ1v) is 5.94. The minimum atomic E-state index is -3.56. The van der Waals surface area contributed by atoms with Gasteiger partial charge in [0, 0.05) is 23.8 Å². The van der Waals surface area contributed by atoms with Crippen LogP contribution in [0.4, 0.5) is 14.5 Å². The van der Waals surface area contributed by atoms with E-state index >= 15 is 0 Å². The first-order chi connectivity index (χ1) is 8.52. The third-order valence-corrected chi connectivity index (χ3v) is 3.25. The van der Waals surface area contributed by atoms with E-state index < -0.39 is 6.29 Å². The Bertz CT molecular complexity index is 467. The molecule has 1 aromatic rings. The molecule has 2 aliphatic rings. The zero-order chi connectivity index (χ0) is 12.8. The lowest BCUT2D eigenvalue weighted by Crippen LogP contribution is -2.25. The maximum Gasteiger partial charge on any atom is 0.586 e. The molecule has 2 atom stereocenters. The normalized spacial score (nSPS) is 28.4. The van der Waals surface area contributed by atoms with Crippen molar-refractivity contribution in [3.8, 4) is 11.5 Å². The minimum Gasteiger partial charge on any atom is -0.395 e. The summed E-state index contributed by atoms with van der Waals surface area (Å²) < 4.78 is 34.4. The molecular weight excluding hydrogens is 242 g/mol. The van der Waals surface area contributed by atoms with Gasteiger partial charge in [-0.3, -0.25) is 0 Å². The second-order valence-electron chi connectivity index (χ2n) is 4.74. The molecule has 1 heterocycles. The number of rotatable bonds is 2. The molecule has 1 saturated carbocycles. The lowest BCUT2D eigenvalue weighted by molar-refractivity contribution is -0.286. The van der Waals surface area contributed by atoms with E-state index in [4.69, 9.17) is 5.73 Å². The summed E-state index contributed by atoms with van der Waals surface area (Å²) in [6, 6.07) is 5.22. The van der Waals surface area contributed by atoms with Crippen molar-refractivity contribution in [3.63, 3.8) is 0 Å². The zero-order valence-electron chi connectivity index (χ0n) is 9.66. The molecule has 1 fully saturated rings. The van der Waals surface area contributed by atoms with Gasteiger partial charge in [0.15, 0.2) is 11.5 Å². The smallest absolute Gasteiger partial charge is 0.395 e. The van der Waals surface area contributed by atoms with Gasteiger partial charge >= 0.3 is 6.29 Å². The average molecular weight is 256 g/mol. The molecule has 1 aromatic carbocycles. The Morgan fingerprint density at radius 1 is 1.22 bits per heavy atom. The topological polar surface area (TPSA) is 56.5 Å². The van der Waals surface area contributed by atoms with Crippen molar-refractivity contribution in [2.45, 2.75) is 37.6 Å². The van der Waals surface area contributed by atoms with E-state index in [-0.39, 0.29) is 17.5 Å². The predicted octanol–water partition coefficient (Wildman–Crippen LogP) is 2.30. The van der Waals surface area contributed by atoms with E-state index in [9.17, 15) is 8.78 Å². The summed E-state index contributed by atoms with van der Waals surface area (Å²) in [7, 11) is 0. The zero-order valence-corrected chi connectivity index (χ0v) is 9.66. The number of alkyl halides is 2. The van der Waals surface area contributed by atoms with Gasteiger partial charge in [-0.2, -0.15) is 0 Å². The molecule has 0 radical (unpaired) electrons. The summed E-state index contributed by atoms with van der Waals surface area (Å²) in [6.45, 7) is 0. The van der Waals surface area contributed by atoms with Gasteiger partial charge in [0.25, 0.3) is 0 Å². The Morgan fingerprint density at radius 2 is 2.00 bits per heavy atom. The SMILES string of the molecule is NC1CCC(Nc2ccc3c(c2)OC(F)(F)O3)C1. The first-order valence-electron chi connectivity index (χ1n) is 5.94. The molecule has 18 heavy (non-hydrogen) atoms. The predicted molar refractivity (Wildman–Crippen MR) is 61.9 cm³/mol. The number of hydrogen-bond acceptors (Lipinski definition) is 4. The second-order valence-corrected chi connectivity index (χ2v) is 4.74. The van der Waals surface area contributed by atoms with Crippen molar-refractivity contribution >= 4 is 5.69 Å². The molecule has 0 saturated heterocycles. The second kappa shape index (κ2) is 3.98. The van der Waals surface area contributed by atoms with Gasteiger partial charge in [-0.05, 0) is 31.4 Å². The summed E-state index contributed by atoms with van der Waals surface area (Å²) >= 11 is 0. The van der Waals surface area contributed by atoms with Gasteiger partial charge in [0.05, 0.1) is 0 Å². The van der Waals surface area contributed by atoms with Crippen molar-refractivity contribution in [3.05, 3.63) is 18.2 Å². The van der Waals surface area contributed by atoms with Gasteiger partial charge in [-0.25, -0.2) is 0 Å². The van der Waals surface area contributed by atoms with Gasteiger partial charge in [0.2, 0.25) is 0 Å². The Kier molecular flexibility index (Phi) is 2.55. The number of ether oxygens (including phenoxy) is 2. The third-order valence-electron chi connectivity index (χ3n) is 3.25. The monoisotopic (exact) mass is 256 g/mol. The molecule has 0 amide bonds. The molecule has 98 valence electrons. The number of nitrogens with one attached hydrogen (secondary N) is 1. The Balaban J connectivity index is 1.72. The fourth-order valence-electron chi connectivity index (χ4n) is 2.42. The van der Waals surface area contributed by atoms with E-state index in [1.165, 1.54) is 12.1 Å². The van der Waals surface area contributed by atoms with Gasteiger partial charge in [0.1, 0.15) is 0 Å². The van der Waals surface area contributed by atoms with Crippen LogP contribution in [0.1, 0.15) is 19.3 Å². The summed E-state index contributed by atoms with van der Waals surface area (Å²) in [6.07, 6.45) is -0.687. The van der Waals surface area contributed by atoms with Crippen LogP contribution in [0, 0.1) is 0 Å². The van der Waals surface area contributed by atoms with Gasteiger partial charge < -0.3 is 20.5 Å². The number of benzene rings is 1. The lowest BCUT2D eigenvalue weighted by Gasteiger charge is -2.14. The molecule has 6 heteroatoms. The summed E-state index contributed by atoms with van der Waals surface area (Å²) in [5.41, 5.74) is 6.57. The molecule has 0 bridgehead atoms. The van der Waals surface area contributed by atoms with Crippen molar-refractivity contribution in [1.29, 1.82) is 0 Å². The standard InChI is InChI=1S/C12H14F2N2O2/c13-12(14)17-10-4-3-9(6-11(10)18-12)16-8-2-1-7(15)5-8/h3-4,6-8,16H,1-2,5,15H2. The van der Waals surface area contributed by atoms with E-state index in [2.05, 4.69) is 14.8 Å². The van der Waals surface area contributed by atoms with E-state index in [0.717, 1.165) is 24.9 Å². The minimum absolute atomic E-state index is 0.0623. The fourth-order valence-corrected chi connectivity index (χ4v) is 2.42. The highest BCUT2D eigenvalue weighted by Crippen LogP contribution is 2.42. The van der Waals surface area contributed by atoms with Crippen molar-refractivity contribution in [2.75, 3.05) is 5.32 Å². The van der Waals surface area contributed by atoms with Crippen LogP contribution >= 0.6 is 0 Å². The van der Waals surface area contributed by atoms with Crippen LogP contribution in [0.5, 0.6) is 11.5 Å². The van der Waals surface area contributed by atoms with Crippen LogP contribution in [-0.2, 0) is 0 Å². The Morgan fingerprint density at radius 3 is 2.72 bits per heavy atom. The van der Waals surface area contributed by atoms with Crippen LogP contribution in [-0.4, -0.2) is 18.4 Å². The van der Waals surface area contributed by atoms with Crippen LogP contribution in [0.25, 0.3) is 0 Å². The largest absolute Gasteiger partial charge is 0.586 e. The number of fused-ring (bicyclic) bond motifs is 1. The van der Waals surface area contributed by atoms with Crippen LogP contribution < -0.4 is 20.5 Å². The van der Waals surface area contributed by atoms with E-state index in [0.29, 0.717) is 6.04 Å². The van der Waals surface area contributed by atoms with Crippen molar-refractivity contribution in [1.82, 2.24) is 0 Å². The molecule has 0 spiro atoms. The molecule has 2 unspecified atom stereocenters. The van der Waals surface area contributed by atoms with E-state index in [1.807, 2.05) is 0 Å². The fraction of sp³-hybridized carbons (Fsp3) is 0.500. The Labute approximate surface area is 103 Å². The molecule has 4 nitrogen and oxygen atoms in total. The highest BCUT2D eigenvalue weighted by atomic mass is 19.3. The third kappa shape index (κ3) is 2.20. The van der Waals surface area contributed by atoms with Crippen LogP contribution in [0.3, 0.4) is 0 Å². The number of hydrogen-bond donors (Lipinski definition) is 2. The molecule has 3 rings (SSSR count). The highest BCUT2D eigenvalue weighted by Gasteiger charge is 2.43. The molecule has 1 aliphatic carbocycles. The Hall–Kier alpha value is -1.56. The number of halogens is 2. The average Bonchev–Trinajstić information content (AvgIpc) is 2.80.